The fourth-order valence-electron chi connectivity index (χ4n) is 1.16. The molecule has 4 heteroatoms. The maximum absolute atomic E-state index is 5.91. The predicted octanol–water partition coefficient (Wildman–Crippen LogP) is 2.24. The van der Waals surface area contributed by atoms with Gasteiger partial charge in [0.05, 0.1) is 11.7 Å². The second-order valence-electron chi connectivity index (χ2n) is 2.71. The average Bonchev–Trinajstić information content (AvgIpc) is 2.18. The lowest BCUT2D eigenvalue weighted by Crippen LogP contribution is -1.90. The van der Waals surface area contributed by atoms with Crippen LogP contribution in [-0.4, -0.2) is 15.0 Å². The molecule has 0 unspecified atom stereocenters. The lowest BCUT2D eigenvalue weighted by Gasteiger charge is -1.99. The first-order valence-corrected chi connectivity index (χ1v) is 4.44. The topological polar surface area (TPSA) is 38.7 Å². The van der Waals surface area contributed by atoms with Gasteiger partial charge >= 0.3 is 0 Å². The molecule has 0 aromatic carbocycles. The Morgan fingerprint density at radius 3 is 2.92 bits per heavy atom. The highest BCUT2D eigenvalue weighted by Gasteiger charge is 2.01. The minimum Gasteiger partial charge on any atom is -0.259 e. The van der Waals surface area contributed by atoms with Crippen molar-refractivity contribution in [3.63, 3.8) is 0 Å². The van der Waals surface area contributed by atoms with Crippen molar-refractivity contribution < 1.29 is 0 Å². The Hall–Kier alpha value is -1.22. The molecule has 2 aromatic heterocycles. The number of aryl methyl sites for hydroxylation is 1. The maximum Gasteiger partial charge on any atom is 0.140 e. The van der Waals surface area contributed by atoms with Gasteiger partial charge in [-0.1, -0.05) is 18.5 Å². The number of nitrogens with zero attached hydrogens (tertiary/aromatic N) is 3. The number of aromatic nitrogens is 3. The van der Waals surface area contributed by atoms with Gasteiger partial charge in [-0.15, -0.1) is 0 Å². The van der Waals surface area contributed by atoms with Crippen molar-refractivity contribution in [3.8, 4) is 0 Å². The monoisotopic (exact) mass is 193 g/mol. The van der Waals surface area contributed by atoms with E-state index in [1.165, 1.54) is 6.33 Å². The second-order valence-corrected chi connectivity index (χ2v) is 3.07. The molecule has 66 valence electrons. The molecule has 0 saturated heterocycles. The number of halogens is 1. The van der Waals surface area contributed by atoms with Crippen molar-refractivity contribution in [1.82, 2.24) is 15.0 Å². The van der Waals surface area contributed by atoms with Gasteiger partial charge in [0.2, 0.25) is 0 Å². The van der Waals surface area contributed by atoms with E-state index in [2.05, 4.69) is 15.0 Å². The van der Waals surface area contributed by atoms with Crippen molar-refractivity contribution >= 4 is 22.5 Å². The van der Waals surface area contributed by atoms with E-state index in [9.17, 15) is 0 Å². The third kappa shape index (κ3) is 1.47. The molecular formula is C9H8ClN3. The Morgan fingerprint density at radius 1 is 1.31 bits per heavy atom. The van der Waals surface area contributed by atoms with Gasteiger partial charge in [0, 0.05) is 11.1 Å². The normalized spacial score (nSPS) is 10.6. The fraction of sp³-hybridized carbons (Fsp3) is 0.222. The van der Waals surface area contributed by atoms with Crippen LogP contribution >= 0.6 is 11.6 Å². The van der Waals surface area contributed by atoms with E-state index in [4.69, 9.17) is 11.6 Å². The van der Waals surface area contributed by atoms with Crippen LogP contribution in [0.4, 0.5) is 0 Å². The molecule has 0 bridgehead atoms. The number of rotatable bonds is 1. The van der Waals surface area contributed by atoms with E-state index < -0.39 is 0 Å². The highest BCUT2D eigenvalue weighted by Crippen LogP contribution is 2.18. The molecular weight excluding hydrogens is 186 g/mol. The summed E-state index contributed by atoms with van der Waals surface area (Å²) in [6.45, 7) is 2.05. The highest BCUT2D eigenvalue weighted by atomic mass is 35.5. The molecule has 0 spiro atoms. The molecule has 0 fully saturated rings. The predicted molar refractivity (Wildman–Crippen MR) is 51.7 cm³/mol. The van der Waals surface area contributed by atoms with Crippen LogP contribution in [0.1, 0.15) is 12.6 Å². The Labute approximate surface area is 80.8 Å². The molecule has 0 radical (unpaired) electrons. The third-order valence-electron chi connectivity index (χ3n) is 1.89. The van der Waals surface area contributed by atoms with Gasteiger partial charge in [0.25, 0.3) is 0 Å². The lowest BCUT2D eigenvalue weighted by atomic mass is 10.2. The van der Waals surface area contributed by atoms with Crippen molar-refractivity contribution in [2.75, 3.05) is 0 Å². The van der Waals surface area contributed by atoms with Gasteiger partial charge in [0.1, 0.15) is 11.5 Å². The lowest BCUT2D eigenvalue weighted by molar-refractivity contribution is 1.04. The first-order chi connectivity index (χ1) is 6.31. The zero-order valence-corrected chi connectivity index (χ0v) is 7.91. The van der Waals surface area contributed by atoms with Gasteiger partial charge in [0.15, 0.2) is 0 Å². The SMILES string of the molecule is CCc1cc2c(Cl)ncnc2cn1. The van der Waals surface area contributed by atoms with Crippen LogP contribution in [-0.2, 0) is 6.42 Å². The molecule has 0 aliphatic rings. The molecule has 13 heavy (non-hydrogen) atoms. The van der Waals surface area contributed by atoms with Crippen molar-refractivity contribution in [2.45, 2.75) is 13.3 Å². The Kier molecular flexibility index (Phi) is 2.10. The van der Waals surface area contributed by atoms with Crippen LogP contribution < -0.4 is 0 Å². The van der Waals surface area contributed by atoms with E-state index in [-0.39, 0.29) is 0 Å². The molecule has 0 saturated carbocycles. The van der Waals surface area contributed by atoms with E-state index in [0.717, 1.165) is 23.0 Å². The minimum absolute atomic E-state index is 0.488. The van der Waals surface area contributed by atoms with Crippen LogP contribution in [0.3, 0.4) is 0 Å². The molecule has 0 aliphatic heterocycles. The molecule has 0 aliphatic carbocycles. The van der Waals surface area contributed by atoms with Gasteiger partial charge in [-0.2, -0.15) is 0 Å². The van der Waals surface area contributed by atoms with Gasteiger partial charge in [-0.3, -0.25) is 4.98 Å². The number of pyridine rings is 1. The van der Waals surface area contributed by atoms with Crippen LogP contribution in [0.2, 0.25) is 5.15 Å². The quantitative estimate of drug-likeness (QED) is 0.652. The van der Waals surface area contributed by atoms with Gasteiger partial charge in [-0.25, -0.2) is 9.97 Å². The molecule has 2 heterocycles. The molecule has 2 aromatic rings. The van der Waals surface area contributed by atoms with Crippen molar-refractivity contribution in [2.24, 2.45) is 0 Å². The Bertz CT molecular complexity index is 442. The summed E-state index contributed by atoms with van der Waals surface area (Å²) in [5.41, 5.74) is 1.79. The first kappa shape index (κ1) is 8.38. The van der Waals surface area contributed by atoms with Crippen LogP contribution in [0.5, 0.6) is 0 Å². The van der Waals surface area contributed by atoms with Gasteiger partial charge < -0.3 is 0 Å². The molecule has 0 amide bonds. The zero-order valence-electron chi connectivity index (χ0n) is 7.16. The van der Waals surface area contributed by atoms with E-state index in [1.807, 2.05) is 13.0 Å². The van der Waals surface area contributed by atoms with Crippen molar-refractivity contribution in [1.29, 1.82) is 0 Å². The number of fused-ring (bicyclic) bond motifs is 1. The summed E-state index contributed by atoms with van der Waals surface area (Å²) in [6.07, 6.45) is 4.06. The molecule has 3 nitrogen and oxygen atoms in total. The summed E-state index contributed by atoms with van der Waals surface area (Å²) in [5.74, 6) is 0. The largest absolute Gasteiger partial charge is 0.259 e. The summed E-state index contributed by atoms with van der Waals surface area (Å²) in [6, 6.07) is 1.93. The smallest absolute Gasteiger partial charge is 0.140 e. The first-order valence-electron chi connectivity index (χ1n) is 4.06. The van der Waals surface area contributed by atoms with E-state index in [1.54, 1.807) is 6.20 Å². The molecule has 0 N–H and O–H groups in total. The summed E-state index contributed by atoms with van der Waals surface area (Å²) in [4.78, 5) is 12.2. The van der Waals surface area contributed by atoms with Crippen molar-refractivity contribution in [3.05, 3.63) is 29.4 Å². The second kappa shape index (κ2) is 3.26. The zero-order chi connectivity index (χ0) is 9.26. The molecule has 0 atom stereocenters. The third-order valence-corrected chi connectivity index (χ3v) is 2.19. The number of hydrogen-bond donors (Lipinski definition) is 0. The van der Waals surface area contributed by atoms with Crippen LogP contribution in [0, 0.1) is 0 Å². The Balaban J connectivity index is 2.74. The molecule has 2 rings (SSSR count). The fourth-order valence-corrected chi connectivity index (χ4v) is 1.36. The van der Waals surface area contributed by atoms with Crippen LogP contribution in [0.25, 0.3) is 10.9 Å². The standard InChI is InChI=1S/C9H8ClN3/c1-2-6-3-7-8(4-11-6)12-5-13-9(7)10/h3-5H,2H2,1H3. The van der Waals surface area contributed by atoms with E-state index >= 15 is 0 Å². The number of hydrogen-bond acceptors (Lipinski definition) is 3. The minimum atomic E-state index is 0.488. The summed E-state index contributed by atoms with van der Waals surface area (Å²) in [5, 5.41) is 1.36. The summed E-state index contributed by atoms with van der Waals surface area (Å²) in [7, 11) is 0. The summed E-state index contributed by atoms with van der Waals surface area (Å²) >= 11 is 5.91. The highest BCUT2D eigenvalue weighted by molar-refractivity contribution is 6.33. The average molecular weight is 194 g/mol. The van der Waals surface area contributed by atoms with E-state index in [0.29, 0.717) is 5.15 Å². The van der Waals surface area contributed by atoms with Crippen LogP contribution in [0.15, 0.2) is 18.6 Å². The summed E-state index contributed by atoms with van der Waals surface area (Å²) < 4.78 is 0. The maximum atomic E-state index is 5.91. The van der Waals surface area contributed by atoms with Gasteiger partial charge in [-0.05, 0) is 12.5 Å². The Morgan fingerprint density at radius 2 is 2.15 bits per heavy atom.